The third-order valence-corrected chi connectivity index (χ3v) is 3.64. The molecule has 0 aliphatic carbocycles. The van der Waals surface area contributed by atoms with Crippen molar-refractivity contribution < 1.29 is 0 Å². The van der Waals surface area contributed by atoms with Crippen molar-refractivity contribution in [1.82, 2.24) is 15.1 Å². The highest BCUT2D eigenvalue weighted by molar-refractivity contribution is 6.32. The van der Waals surface area contributed by atoms with Crippen molar-refractivity contribution in [3.8, 4) is 0 Å². The quantitative estimate of drug-likeness (QED) is 0.861. The van der Waals surface area contributed by atoms with Crippen LogP contribution in [0.3, 0.4) is 0 Å². The van der Waals surface area contributed by atoms with E-state index in [1.54, 1.807) is 0 Å². The molecule has 0 amide bonds. The summed E-state index contributed by atoms with van der Waals surface area (Å²) in [6.07, 6.45) is 1.51. The molecular weight excluding hydrogens is 288 g/mol. The second-order valence-electron chi connectivity index (χ2n) is 4.93. The van der Waals surface area contributed by atoms with Gasteiger partial charge in [-0.2, -0.15) is 5.10 Å². The molecule has 112 valence electrons. The highest BCUT2D eigenvalue weighted by Crippen LogP contribution is 2.16. The van der Waals surface area contributed by atoms with Crippen molar-refractivity contribution in [3.05, 3.63) is 57.0 Å². The molecule has 6 heteroatoms. The number of hydrogen-bond donors (Lipinski definition) is 2. The number of nitrogens with zero attached hydrogens (tertiary/aromatic N) is 2. The van der Waals surface area contributed by atoms with Gasteiger partial charge in [0.15, 0.2) is 0 Å². The third-order valence-electron chi connectivity index (χ3n) is 3.26. The highest BCUT2D eigenvalue weighted by Gasteiger charge is 2.05. The van der Waals surface area contributed by atoms with Crippen molar-refractivity contribution >= 4 is 17.3 Å². The van der Waals surface area contributed by atoms with Crippen LogP contribution in [0.5, 0.6) is 0 Å². The molecule has 0 spiro atoms. The maximum atomic E-state index is 11.4. The summed E-state index contributed by atoms with van der Waals surface area (Å²) >= 11 is 5.93. The molecule has 0 saturated heterocycles. The normalized spacial score (nSPS) is 10.9. The predicted octanol–water partition coefficient (Wildman–Crippen LogP) is 2.49. The van der Waals surface area contributed by atoms with Crippen molar-refractivity contribution in [2.75, 3.05) is 18.9 Å². The van der Waals surface area contributed by atoms with Crippen LogP contribution in [0.2, 0.25) is 5.02 Å². The monoisotopic (exact) mass is 306 g/mol. The van der Waals surface area contributed by atoms with E-state index in [1.807, 2.05) is 12.1 Å². The van der Waals surface area contributed by atoms with Gasteiger partial charge in [-0.05, 0) is 24.7 Å². The van der Waals surface area contributed by atoms with Gasteiger partial charge in [0.1, 0.15) is 5.02 Å². The minimum atomic E-state index is -0.389. The fourth-order valence-corrected chi connectivity index (χ4v) is 2.12. The average molecular weight is 307 g/mol. The Bertz CT molecular complexity index is 656. The van der Waals surface area contributed by atoms with Gasteiger partial charge in [0.25, 0.3) is 5.56 Å². The van der Waals surface area contributed by atoms with E-state index >= 15 is 0 Å². The molecule has 1 aromatic heterocycles. The van der Waals surface area contributed by atoms with Crippen LogP contribution in [0, 0.1) is 0 Å². The first-order valence-corrected chi connectivity index (χ1v) is 7.21. The number of anilines is 1. The Kier molecular flexibility index (Phi) is 5.36. The molecule has 0 saturated carbocycles. The first-order valence-electron chi connectivity index (χ1n) is 6.83. The van der Waals surface area contributed by atoms with Gasteiger partial charge in [-0.25, -0.2) is 5.10 Å². The Morgan fingerprint density at radius 2 is 2.14 bits per heavy atom. The first-order chi connectivity index (χ1) is 10.1. The van der Waals surface area contributed by atoms with Crippen LogP contribution in [0.25, 0.3) is 0 Å². The lowest BCUT2D eigenvalue weighted by Gasteiger charge is -2.14. The van der Waals surface area contributed by atoms with Crippen molar-refractivity contribution in [1.29, 1.82) is 0 Å². The Morgan fingerprint density at radius 3 is 2.90 bits per heavy atom. The molecule has 21 heavy (non-hydrogen) atoms. The molecule has 0 radical (unpaired) electrons. The predicted molar refractivity (Wildman–Crippen MR) is 85.6 cm³/mol. The largest absolute Gasteiger partial charge is 0.378 e. The maximum Gasteiger partial charge on any atom is 0.285 e. The van der Waals surface area contributed by atoms with Crippen molar-refractivity contribution in [2.24, 2.45) is 0 Å². The van der Waals surface area contributed by atoms with E-state index in [1.165, 1.54) is 11.8 Å². The second kappa shape index (κ2) is 7.24. The zero-order valence-electron chi connectivity index (χ0n) is 12.2. The van der Waals surface area contributed by atoms with Gasteiger partial charge in [-0.3, -0.25) is 4.79 Å². The zero-order chi connectivity index (χ0) is 15.2. The fraction of sp³-hybridized carbons (Fsp3) is 0.333. The molecule has 0 atom stereocenters. The number of aromatic amines is 1. The SMILES string of the molecule is CCN(C)Cc1cccc(CNc2cn[nH]c(=O)c2Cl)c1. The topological polar surface area (TPSA) is 61.0 Å². The highest BCUT2D eigenvalue weighted by atomic mass is 35.5. The first kappa shape index (κ1) is 15.5. The number of nitrogens with one attached hydrogen (secondary N) is 2. The minimum Gasteiger partial charge on any atom is -0.378 e. The minimum absolute atomic E-state index is 0.131. The Hall–Kier alpha value is -1.85. The number of benzene rings is 1. The molecule has 0 aliphatic rings. The van der Waals surface area contributed by atoms with E-state index in [2.05, 4.69) is 46.5 Å². The summed E-state index contributed by atoms with van der Waals surface area (Å²) < 4.78 is 0. The Morgan fingerprint density at radius 1 is 1.38 bits per heavy atom. The molecule has 0 bridgehead atoms. The van der Waals surface area contributed by atoms with Gasteiger partial charge in [0.05, 0.1) is 11.9 Å². The maximum absolute atomic E-state index is 11.4. The molecule has 2 rings (SSSR count). The Balaban J connectivity index is 2.05. The summed E-state index contributed by atoms with van der Waals surface area (Å²) in [4.78, 5) is 13.6. The average Bonchev–Trinajstić information content (AvgIpc) is 2.49. The number of rotatable bonds is 6. The lowest BCUT2D eigenvalue weighted by Crippen LogP contribution is -2.16. The van der Waals surface area contributed by atoms with E-state index in [0.717, 1.165) is 18.7 Å². The van der Waals surface area contributed by atoms with Gasteiger partial charge in [-0.1, -0.05) is 42.8 Å². The van der Waals surface area contributed by atoms with E-state index < -0.39 is 0 Å². The Labute approximate surface area is 128 Å². The van der Waals surface area contributed by atoms with E-state index in [4.69, 9.17) is 11.6 Å². The molecule has 0 unspecified atom stereocenters. The molecule has 1 aromatic carbocycles. The summed E-state index contributed by atoms with van der Waals surface area (Å²) in [6, 6.07) is 8.33. The molecule has 1 heterocycles. The number of aromatic nitrogens is 2. The molecule has 0 fully saturated rings. The van der Waals surface area contributed by atoms with Crippen LogP contribution in [-0.4, -0.2) is 28.7 Å². The molecule has 0 aliphatic heterocycles. The summed E-state index contributed by atoms with van der Waals surface area (Å²) in [5.74, 6) is 0. The smallest absolute Gasteiger partial charge is 0.285 e. The van der Waals surface area contributed by atoms with Gasteiger partial charge >= 0.3 is 0 Å². The van der Waals surface area contributed by atoms with Crippen LogP contribution >= 0.6 is 11.6 Å². The van der Waals surface area contributed by atoms with E-state index in [0.29, 0.717) is 12.2 Å². The number of halogens is 1. The van der Waals surface area contributed by atoms with Gasteiger partial charge < -0.3 is 10.2 Å². The lowest BCUT2D eigenvalue weighted by atomic mass is 10.1. The molecule has 2 N–H and O–H groups in total. The molecule has 5 nitrogen and oxygen atoms in total. The zero-order valence-corrected chi connectivity index (χ0v) is 12.9. The molecule has 2 aromatic rings. The van der Waals surface area contributed by atoms with Gasteiger partial charge in [-0.15, -0.1) is 0 Å². The molecular formula is C15H19ClN4O. The third kappa shape index (κ3) is 4.31. The summed E-state index contributed by atoms with van der Waals surface area (Å²) in [6.45, 7) is 4.65. The van der Waals surface area contributed by atoms with Gasteiger partial charge in [0.2, 0.25) is 0 Å². The lowest BCUT2D eigenvalue weighted by molar-refractivity contribution is 0.345. The van der Waals surface area contributed by atoms with Crippen molar-refractivity contribution in [2.45, 2.75) is 20.0 Å². The summed E-state index contributed by atoms with van der Waals surface area (Å²) in [5, 5.41) is 9.29. The van der Waals surface area contributed by atoms with Crippen LogP contribution in [0.1, 0.15) is 18.1 Å². The van der Waals surface area contributed by atoms with Crippen molar-refractivity contribution in [3.63, 3.8) is 0 Å². The summed E-state index contributed by atoms with van der Waals surface area (Å²) in [7, 11) is 2.09. The second-order valence-corrected chi connectivity index (χ2v) is 5.31. The number of H-pyrrole nitrogens is 1. The van der Waals surface area contributed by atoms with Crippen LogP contribution in [0.15, 0.2) is 35.3 Å². The fourth-order valence-electron chi connectivity index (χ4n) is 1.97. The number of hydrogen-bond acceptors (Lipinski definition) is 4. The van der Waals surface area contributed by atoms with Crippen LogP contribution < -0.4 is 10.9 Å². The van der Waals surface area contributed by atoms with Gasteiger partial charge in [0, 0.05) is 13.1 Å². The standard InChI is InChI=1S/C15H19ClN4O/c1-3-20(2)10-12-6-4-5-11(7-12)8-17-13-9-18-19-15(21)14(13)16/h4-7,9H,3,8,10H2,1-2H3,(H2,17,19,21). The van der Waals surface area contributed by atoms with Crippen LogP contribution in [-0.2, 0) is 13.1 Å². The van der Waals surface area contributed by atoms with E-state index in [9.17, 15) is 4.79 Å². The van der Waals surface area contributed by atoms with E-state index in [-0.39, 0.29) is 10.6 Å². The van der Waals surface area contributed by atoms with Crippen LogP contribution in [0.4, 0.5) is 5.69 Å². The summed E-state index contributed by atoms with van der Waals surface area (Å²) in [5.41, 5.74) is 2.54.